The van der Waals surface area contributed by atoms with Crippen LogP contribution in [0.3, 0.4) is 0 Å². The van der Waals surface area contributed by atoms with Gasteiger partial charge in [-0.2, -0.15) is 0 Å². The Hall–Kier alpha value is -1.59. The van der Waals surface area contributed by atoms with E-state index in [-0.39, 0.29) is 5.91 Å². The number of nitrogens with zero attached hydrogens (tertiary/aromatic N) is 1. The second kappa shape index (κ2) is 8.49. The van der Waals surface area contributed by atoms with Gasteiger partial charge in [0.1, 0.15) is 5.75 Å². The Morgan fingerprint density at radius 3 is 2.96 bits per heavy atom. The number of ether oxygens (including phenoxy) is 2. The van der Waals surface area contributed by atoms with Crippen molar-refractivity contribution in [3.8, 4) is 5.75 Å². The summed E-state index contributed by atoms with van der Waals surface area (Å²) in [6, 6.07) is 8.60. The molecule has 1 saturated carbocycles. The van der Waals surface area contributed by atoms with Gasteiger partial charge in [-0.25, -0.2) is 0 Å². The monoisotopic (exact) mass is 332 g/mol. The molecule has 1 aromatic rings. The number of carbonyl (C=O) groups excluding carboxylic acids is 1. The molecule has 0 aromatic heterocycles. The van der Waals surface area contributed by atoms with Gasteiger partial charge >= 0.3 is 0 Å². The molecule has 2 fully saturated rings. The Morgan fingerprint density at radius 2 is 2.25 bits per heavy atom. The lowest BCUT2D eigenvalue weighted by molar-refractivity contribution is -0.122. The van der Waals surface area contributed by atoms with Crippen molar-refractivity contribution in [1.29, 1.82) is 0 Å². The molecule has 1 heterocycles. The first-order chi connectivity index (χ1) is 11.7. The Morgan fingerprint density at radius 1 is 1.38 bits per heavy atom. The molecule has 1 unspecified atom stereocenters. The summed E-state index contributed by atoms with van der Waals surface area (Å²) in [6.45, 7) is 3.89. The Bertz CT molecular complexity index is 539. The molecule has 1 amide bonds. The van der Waals surface area contributed by atoms with E-state index in [2.05, 4.69) is 16.3 Å². The van der Waals surface area contributed by atoms with Crippen LogP contribution in [-0.4, -0.2) is 56.8 Å². The van der Waals surface area contributed by atoms with Crippen molar-refractivity contribution in [2.45, 2.75) is 31.7 Å². The normalized spacial score (nSPS) is 20.3. The van der Waals surface area contributed by atoms with Gasteiger partial charge in [-0.15, -0.1) is 0 Å². The molecule has 5 nitrogen and oxygen atoms in total. The summed E-state index contributed by atoms with van der Waals surface area (Å²) in [5.74, 6) is 1.58. The highest BCUT2D eigenvalue weighted by Crippen LogP contribution is 2.28. The summed E-state index contributed by atoms with van der Waals surface area (Å²) in [4.78, 5) is 14.6. The topological polar surface area (TPSA) is 50.8 Å². The molecular weight excluding hydrogens is 304 g/mol. The van der Waals surface area contributed by atoms with Crippen LogP contribution in [0.1, 0.15) is 24.8 Å². The van der Waals surface area contributed by atoms with Crippen LogP contribution in [0.25, 0.3) is 0 Å². The lowest BCUT2D eigenvalue weighted by Crippen LogP contribution is -2.41. The van der Waals surface area contributed by atoms with Gasteiger partial charge in [-0.05, 0) is 49.3 Å². The van der Waals surface area contributed by atoms with E-state index in [1.54, 1.807) is 7.11 Å². The molecule has 1 saturated heterocycles. The fourth-order valence-corrected chi connectivity index (χ4v) is 3.26. The third-order valence-corrected chi connectivity index (χ3v) is 4.80. The predicted octanol–water partition coefficient (Wildman–Crippen LogP) is 1.85. The van der Waals surface area contributed by atoms with Gasteiger partial charge in [-0.3, -0.25) is 9.69 Å². The summed E-state index contributed by atoms with van der Waals surface area (Å²) >= 11 is 0. The highest BCUT2D eigenvalue weighted by atomic mass is 16.5. The van der Waals surface area contributed by atoms with Gasteiger partial charge in [0.25, 0.3) is 0 Å². The minimum Gasteiger partial charge on any atom is -0.497 e. The maximum atomic E-state index is 12.3. The zero-order valence-electron chi connectivity index (χ0n) is 14.5. The van der Waals surface area contributed by atoms with Crippen LogP contribution < -0.4 is 10.1 Å². The lowest BCUT2D eigenvalue weighted by atomic mass is 10.1. The van der Waals surface area contributed by atoms with E-state index in [1.165, 1.54) is 18.4 Å². The molecule has 3 rings (SSSR count). The lowest BCUT2D eigenvalue weighted by Gasteiger charge is -2.24. The number of hydrogen-bond donors (Lipinski definition) is 1. The van der Waals surface area contributed by atoms with Crippen molar-refractivity contribution in [2.24, 2.45) is 5.92 Å². The summed E-state index contributed by atoms with van der Waals surface area (Å²) in [7, 11) is 1.67. The third-order valence-electron chi connectivity index (χ3n) is 4.80. The van der Waals surface area contributed by atoms with E-state index in [0.29, 0.717) is 25.0 Å². The Labute approximate surface area is 144 Å². The number of carbonyl (C=O) groups is 1. The van der Waals surface area contributed by atoms with Crippen molar-refractivity contribution in [3.05, 3.63) is 29.8 Å². The highest BCUT2D eigenvalue weighted by molar-refractivity contribution is 5.78. The van der Waals surface area contributed by atoms with Crippen LogP contribution in [0.5, 0.6) is 5.75 Å². The van der Waals surface area contributed by atoms with Crippen molar-refractivity contribution < 1.29 is 14.3 Å². The van der Waals surface area contributed by atoms with Gasteiger partial charge in [0.15, 0.2) is 0 Å². The van der Waals surface area contributed by atoms with Crippen molar-refractivity contribution in [1.82, 2.24) is 10.2 Å². The Balaban J connectivity index is 1.40. The van der Waals surface area contributed by atoms with E-state index in [0.717, 1.165) is 38.3 Å². The molecule has 1 atom stereocenters. The SMILES string of the molecule is COc1cccc(CCNC(=O)CN(CC2CCOC2)C2CC2)c1. The van der Waals surface area contributed by atoms with Crippen LogP contribution in [0, 0.1) is 5.92 Å². The van der Waals surface area contributed by atoms with Gasteiger partial charge in [0, 0.05) is 25.7 Å². The quantitative estimate of drug-likeness (QED) is 0.750. The Kier molecular flexibility index (Phi) is 6.10. The zero-order valence-corrected chi connectivity index (χ0v) is 14.5. The van der Waals surface area contributed by atoms with Crippen molar-refractivity contribution in [2.75, 3.05) is 40.0 Å². The maximum Gasteiger partial charge on any atom is 0.234 e. The third kappa shape index (κ3) is 5.21. The second-order valence-electron chi connectivity index (χ2n) is 6.84. The fraction of sp³-hybridized carbons (Fsp3) is 0.632. The van der Waals surface area contributed by atoms with E-state index < -0.39 is 0 Å². The molecule has 1 aliphatic carbocycles. The minimum absolute atomic E-state index is 0.128. The fourth-order valence-electron chi connectivity index (χ4n) is 3.26. The predicted molar refractivity (Wildman–Crippen MR) is 93.2 cm³/mol. The van der Waals surface area contributed by atoms with Gasteiger partial charge < -0.3 is 14.8 Å². The smallest absolute Gasteiger partial charge is 0.234 e. The molecule has 0 spiro atoms. The number of hydrogen-bond acceptors (Lipinski definition) is 4. The van der Waals surface area contributed by atoms with Crippen molar-refractivity contribution >= 4 is 5.91 Å². The summed E-state index contributed by atoms with van der Waals surface area (Å²) in [5.41, 5.74) is 1.18. The molecule has 2 aliphatic rings. The van der Waals surface area contributed by atoms with Crippen LogP contribution in [0.2, 0.25) is 0 Å². The van der Waals surface area contributed by atoms with Crippen LogP contribution in [0.4, 0.5) is 0 Å². The minimum atomic E-state index is 0.128. The molecule has 1 aliphatic heterocycles. The van der Waals surface area contributed by atoms with Crippen LogP contribution in [0.15, 0.2) is 24.3 Å². The largest absolute Gasteiger partial charge is 0.497 e. The first kappa shape index (κ1) is 17.2. The molecule has 1 aromatic carbocycles. The average Bonchev–Trinajstić information content (AvgIpc) is 3.32. The summed E-state index contributed by atoms with van der Waals surface area (Å²) in [6.07, 6.45) is 4.40. The molecular formula is C19H28N2O3. The second-order valence-corrected chi connectivity index (χ2v) is 6.84. The van der Waals surface area contributed by atoms with Gasteiger partial charge in [0.2, 0.25) is 5.91 Å². The summed E-state index contributed by atoms with van der Waals surface area (Å²) < 4.78 is 10.7. The number of rotatable bonds is 9. The van der Waals surface area contributed by atoms with E-state index >= 15 is 0 Å². The first-order valence-corrected chi connectivity index (χ1v) is 8.96. The van der Waals surface area contributed by atoms with Crippen LogP contribution in [-0.2, 0) is 16.0 Å². The van der Waals surface area contributed by atoms with Gasteiger partial charge in [0.05, 0.1) is 20.3 Å². The number of benzene rings is 1. The first-order valence-electron chi connectivity index (χ1n) is 8.96. The number of amides is 1. The molecule has 132 valence electrons. The van der Waals surface area contributed by atoms with Crippen LogP contribution >= 0.6 is 0 Å². The number of nitrogens with one attached hydrogen (secondary N) is 1. The standard InChI is InChI=1S/C19H28N2O3/c1-23-18-4-2-3-15(11-18)7-9-20-19(22)13-21(17-5-6-17)12-16-8-10-24-14-16/h2-4,11,16-17H,5-10,12-14H2,1H3,(H,20,22). The zero-order chi connectivity index (χ0) is 16.8. The highest BCUT2D eigenvalue weighted by Gasteiger charge is 2.32. The van der Waals surface area contributed by atoms with E-state index in [1.807, 2.05) is 18.2 Å². The molecule has 1 N–H and O–H groups in total. The maximum absolute atomic E-state index is 12.3. The van der Waals surface area contributed by atoms with Gasteiger partial charge in [-0.1, -0.05) is 12.1 Å². The van der Waals surface area contributed by atoms with E-state index in [4.69, 9.17) is 9.47 Å². The molecule has 24 heavy (non-hydrogen) atoms. The molecule has 0 radical (unpaired) electrons. The number of methoxy groups -OCH3 is 1. The summed E-state index contributed by atoms with van der Waals surface area (Å²) in [5, 5.41) is 3.05. The average molecular weight is 332 g/mol. The molecule has 5 heteroatoms. The van der Waals surface area contributed by atoms with Crippen molar-refractivity contribution in [3.63, 3.8) is 0 Å². The van der Waals surface area contributed by atoms with E-state index in [9.17, 15) is 4.79 Å². The molecule has 0 bridgehead atoms.